The van der Waals surface area contributed by atoms with E-state index in [1.165, 1.54) is 16.3 Å². The lowest BCUT2D eigenvalue weighted by Gasteiger charge is -1.99. The van der Waals surface area contributed by atoms with Gasteiger partial charge in [-0.05, 0) is 16.3 Å². The van der Waals surface area contributed by atoms with E-state index in [4.69, 9.17) is 0 Å². The molecule has 0 spiro atoms. The van der Waals surface area contributed by atoms with Crippen LogP contribution < -0.4 is 0 Å². The monoisotopic (exact) mass is 180 g/mol. The molecule has 0 fully saturated rings. The van der Waals surface area contributed by atoms with Gasteiger partial charge in [0.2, 0.25) is 0 Å². The summed E-state index contributed by atoms with van der Waals surface area (Å²) < 4.78 is 0. The number of fused-ring (bicyclic) bond motifs is 1. The van der Waals surface area contributed by atoms with Gasteiger partial charge in [0.15, 0.2) is 0 Å². The molecule has 2 rings (SSSR count). The van der Waals surface area contributed by atoms with Gasteiger partial charge < -0.3 is 0 Å². The highest BCUT2D eigenvalue weighted by atomic mass is 24.3. The number of hydrogen-bond donors (Lipinski definition) is 0. The van der Waals surface area contributed by atoms with Crippen molar-refractivity contribution in [2.24, 2.45) is 0 Å². The van der Waals surface area contributed by atoms with Gasteiger partial charge in [-0.3, -0.25) is 0 Å². The molecule has 0 bridgehead atoms. The number of rotatable bonds is 1. The maximum absolute atomic E-state index is 3.78. The smallest absolute Gasteiger partial charge is 0.0984 e. The van der Waals surface area contributed by atoms with Gasteiger partial charge in [-0.25, -0.2) is 0 Å². The Morgan fingerprint density at radius 2 is 1.62 bits per heavy atom. The van der Waals surface area contributed by atoms with Gasteiger partial charge in [0.25, 0.3) is 0 Å². The van der Waals surface area contributed by atoms with E-state index < -0.39 is 0 Å². The number of hydrogen-bond acceptors (Lipinski definition) is 0. The Balaban J connectivity index is 0.000000845. The van der Waals surface area contributed by atoms with Crippen molar-refractivity contribution >= 4 is 39.9 Å². The molecule has 0 radical (unpaired) electrons. The Bertz CT molecular complexity index is 413. The van der Waals surface area contributed by atoms with Gasteiger partial charge in [0, 0.05) is 0 Å². The summed E-state index contributed by atoms with van der Waals surface area (Å²) in [5.41, 5.74) is 1.20. The Kier molecular flexibility index (Phi) is 3.52. The molecule has 0 amide bonds. The van der Waals surface area contributed by atoms with Gasteiger partial charge >= 0.3 is 23.1 Å². The lowest BCUT2D eigenvalue weighted by Crippen LogP contribution is -1.75. The number of benzene rings is 2. The fourth-order valence-electron chi connectivity index (χ4n) is 1.43. The zero-order valence-corrected chi connectivity index (χ0v) is 6.83. The SMILES string of the molecule is C=Cc1cccc2ccccc12.[MgH2]. The predicted molar refractivity (Wildman–Crippen MR) is 62.6 cm³/mol. The van der Waals surface area contributed by atoms with Crippen molar-refractivity contribution in [2.75, 3.05) is 0 Å². The highest BCUT2D eigenvalue weighted by molar-refractivity contribution is 5.90. The molecule has 2 aromatic rings. The summed E-state index contributed by atoms with van der Waals surface area (Å²) in [5.74, 6) is 0. The second-order valence-electron chi connectivity index (χ2n) is 2.77. The van der Waals surface area contributed by atoms with Gasteiger partial charge in [0.05, 0.1) is 0 Å². The molecule has 0 N–H and O–H groups in total. The normalized spacial score (nSPS) is 9.23. The minimum Gasteiger partial charge on any atom is -0.0984 e. The first-order valence-electron chi connectivity index (χ1n) is 4.02. The standard InChI is InChI=1S/C12H10.Mg.2H/c1-2-10-7-5-8-11-6-3-4-9-12(10)11;;;/h2-9H,1H2;;;. The molecule has 0 aliphatic heterocycles. The van der Waals surface area contributed by atoms with Crippen molar-refractivity contribution in [1.82, 2.24) is 0 Å². The molecule has 0 saturated heterocycles. The van der Waals surface area contributed by atoms with E-state index in [1.807, 2.05) is 6.08 Å². The molecule has 0 heterocycles. The van der Waals surface area contributed by atoms with E-state index in [2.05, 4.69) is 49.0 Å². The van der Waals surface area contributed by atoms with Crippen LogP contribution in [0.2, 0.25) is 0 Å². The third kappa shape index (κ3) is 1.93. The van der Waals surface area contributed by atoms with E-state index in [0.717, 1.165) is 0 Å². The molecule has 0 aromatic heterocycles. The summed E-state index contributed by atoms with van der Waals surface area (Å²) in [6.07, 6.45) is 1.89. The van der Waals surface area contributed by atoms with Crippen LogP contribution in [0.15, 0.2) is 49.0 Å². The molecule has 1 heteroatoms. The van der Waals surface area contributed by atoms with Crippen LogP contribution in [0.5, 0.6) is 0 Å². The Hall–Kier alpha value is -0.794. The minimum absolute atomic E-state index is 0. The summed E-state index contributed by atoms with van der Waals surface area (Å²) in [6, 6.07) is 14.6. The molecular formula is C12H12Mg. The van der Waals surface area contributed by atoms with Crippen molar-refractivity contribution < 1.29 is 0 Å². The zero-order chi connectivity index (χ0) is 8.39. The Labute approximate surface area is 94.4 Å². The summed E-state index contributed by atoms with van der Waals surface area (Å²) >= 11 is 0. The molecule has 0 atom stereocenters. The van der Waals surface area contributed by atoms with Crippen LogP contribution in [0.3, 0.4) is 0 Å². The van der Waals surface area contributed by atoms with Crippen LogP contribution in [0, 0.1) is 0 Å². The third-order valence-corrected chi connectivity index (χ3v) is 2.04. The molecule has 0 unspecified atom stereocenters. The van der Waals surface area contributed by atoms with Crippen LogP contribution in [0.1, 0.15) is 5.56 Å². The first kappa shape index (κ1) is 10.3. The summed E-state index contributed by atoms with van der Waals surface area (Å²) in [4.78, 5) is 0. The molecule has 0 aliphatic carbocycles. The first-order valence-corrected chi connectivity index (χ1v) is 4.02. The highest BCUT2D eigenvalue weighted by Gasteiger charge is 1.93. The van der Waals surface area contributed by atoms with E-state index in [9.17, 15) is 0 Å². The van der Waals surface area contributed by atoms with E-state index in [0.29, 0.717) is 0 Å². The lowest BCUT2D eigenvalue weighted by molar-refractivity contribution is 1.72. The zero-order valence-electron chi connectivity index (χ0n) is 6.83. The molecule has 0 saturated carbocycles. The Morgan fingerprint density at radius 1 is 0.923 bits per heavy atom. The highest BCUT2D eigenvalue weighted by Crippen LogP contribution is 2.18. The molecule has 2 aromatic carbocycles. The molecule has 62 valence electrons. The van der Waals surface area contributed by atoms with Gasteiger partial charge in [-0.2, -0.15) is 0 Å². The maximum Gasteiger partial charge on any atom is 0.316 e. The largest absolute Gasteiger partial charge is 0.316 e. The predicted octanol–water partition coefficient (Wildman–Crippen LogP) is 2.57. The molecule has 0 aliphatic rings. The van der Waals surface area contributed by atoms with Crippen molar-refractivity contribution in [3.05, 3.63) is 54.6 Å². The van der Waals surface area contributed by atoms with Crippen LogP contribution in [0.4, 0.5) is 0 Å². The average molecular weight is 181 g/mol. The van der Waals surface area contributed by atoms with Crippen LogP contribution >= 0.6 is 0 Å². The van der Waals surface area contributed by atoms with Crippen molar-refractivity contribution in [3.63, 3.8) is 0 Å². The quantitative estimate of drug-likeness (QED) is 0.592. The average Bonchev–Trinajstić information content (AvgIpc) is 2.17. The van der Waals surface area contributed by atoms with E-state index in [1.54, 1.807) is 0 Å². The summed E-state index contributed by atoms with van der Waals surface area (Å²) in [6.45, 7) is 3.78. The summed E-state index contributed by atoms with van der Waals surface area (Å²) in [7, 11) is 0. The third-order valence-electron chi connectivity index (χ3n) is 2.04. The van der Waals surface area contributed by atoms with Crippen LogP contribution in [-0.4, -0.2) is 23.1 Å². The topological polar surface area (TPSA) is 0 Å². The van der Waals surface area contributed by atoms with Gasteiger partial charge in [0.1, 0.15) is 0 Å². The summed E-state index contributed by atoms with van der Waals surface area (Å²) in [5, 5.41) is 2.55. The van der Waals surface area contributed by atoms with Crippen molar-refractivity contribution in [1.29, 1.82) is 0 Å². The molecular weight excluding hydrogens is 168 g/mol. The van der Waals surface area contributed by atoms with Gasteiger partial charge in [-0.15, -0.1) is 0 Å². The van der Waals surface area contributed by atoms with Gasteiger partial charge in [-0.1, -0.05) is 55.1 Å². The lowest BCUT2D eigenvalue weighted by atomic mass is 10.1. The van der Waals surface area contributed by atoms with E-state index >= 15 is 0 Å². The minimum atomic E-state index is 0. The molecule has 13 heavy (non-hydrogen) atoms. The van der Waals surface area contributed by atoms with Crippen molar-refractivity contribution in [2.45, 2.75) is 0 Å². The maximum atomic E-state index is 3.78. The van der Waals surface area contributed by atoms with Crippen molar-refractivity contribution in [3.8, 4) is 0 Å². The second-order valence-corrected chi connectivity index (χ2v) is 2.77. The van der Waals surface area contributed by atoms with E-state index in [-0.39, 0.29) is 23.1 Å². The van der Waals surface area contributed by atoms with Crippen LogP contribution in [0.25, 0.3) is 16.8 Å². The Morgan fingerprint density at radius 3 is 2.38 bits per heavy atom. The molecule has 0 nitrogen and oxygen atoms in total. The first-order chi connectivity index (χ1) is 5.92. The fourth-order valence-corrected chi connectivity index (χ4v) is 1.43. The fraction of sp³-hybridized carbons (Fsp3) is 0. The van der Waals surface area contributed by atoms with Crippen LogP contribution in [-0.2, 0) is 0 Å². The second kappa shape index (κ2) is 4.44.